The molecule has 0 bridgehead atoms. The van der Waals surface area contributed by atoms with E-state index in [2.05, 4.69) is 59.3 Å². The number of benzene rings is 1. The van der Waals surface area contributed by atoms with Gasteiger partial charge in [0.25, 0.3) is 0 Å². The second-order valence-corrected chi connectivity index (χ2v) is 13.4. The molecule has 1 aliphatic carbocycles. The molecule has 6 nitrogen and oxygen atoms in total. The maximum Gasteiger partial charge on any atom is 0.228 e. The molecule has 3 heterocycles. The normalized spacial score (nSPS) is 28.8. The van der Waals surface area contributed by atoms with E-state index in [0.717, 1.165) is 43.2 Å². The highest BCUT2D eigenvalue weighted by atomic mass is 32.1. The third kappa shape index (κ3) is 5.72. The van der Waals surface area contributed by atoms with E-state index >= 15 is 0 Å². The van der Waals surface area contributed by atoms with Crippen LogP contribution in [0, 0.1) is 18.8 Å². The van der Waals surface area contributed by atoms with Gasteiger partial charge in [-0.15, -0.1) is 11.3 Å². The summed E-state index contributed by atoms with van der Waals surface area (Å²) in [5.74, 6) is 1.43. The Morgan fingerprint density at radius 1 is 1.21 bits per heavy atom. The Kier molecular flexibility index (Phi) is 8.88. The zero-order chi connectivity index (χ0) is 26.7. The van der Waals surface area contributed by atoms with E-state index in [0.29, 0.717) is 36.9 Å². The van der Waals surface area contributed by atoms with Crippen LogP contribution in [0.15, 0.2) is 30.3 Å². The number of piperidine rings is 1. The third-order valence-electron chi connectivity index (χ3n) is 9.53. The van der Waals surface area contributed by atoms with Crippen LogP contribution in [0.25, 0.3) is 0 Å². The van der Waals surface area contributed by atoms with Crippen LogP contribution in [-0.2, 0) is 16.8 Å². The average molecular weight is 539 g/mol. The van der Waals surface area contributed by atoms with E-state index in [4.69, 9.17) is 4.98 Å². The number of rotatable bonds is 8. The highest BCUT2D eigenvalue weighted by molar-refractivity contribution is 7.11. The topological polar surface area (TPSA) is 68.7 Å². The first-order chi connectivity index (χ1) is 18.4. The molecule has 4 unspecified atom stereocenters. The number of carbonyl (C=O) groups is 1. The zero-order valence-electron chi connectivity index (χ0n) is 23.5. The molecule has 1 aromatic carbocycles. The van der Waals surface area contributed by atoms with Gasteiger partial charge in [0, 0.05) is 49.1 Å². The first-order valence-electron chi connectivity index (χ1n) is 14.7. The van der Waals surface area contributed by atoms with Gasteiger partial charge in [0.05, 0.1) is 23.2 Å². The fourth-order valence-corrected chi connectivity index (χ4v) is 8.54. The number of hydrogen-bond acceptors (Lipinski definition) is 6. The van der Waals surface area contributed by atoms with Crippen molar-refractivity contribution in [1.82, 2.24) is 20.1 Å². The summed E-state index contributed by atoms with van der Waals surface area (Å²) in [6.45, 7) is 8.20. The molecule has 0 spiro atoms. The van der Waals surface area contributed by atoms with Crippen molar-refractivity contribution in [2.45, 2.75) is 82.7 Å². The molecular formula is C31H46N4O2S. The lowest BCUT2D eigenvalue weighted by Gasteiger charge is -2.46. The van der Waals surface area contributed by atoms with Crippen molar-refractivity contribution in [3.63, 3.8) is 0 Å². The van der Waals surface area contributed by atoms with Crippen molar-refractivity contribution in [2.75, 3.05) is 39.8 Å². The summed E-state index contributed by atoms with van der Waals surface area (Å²) in [6.07, 6.45) is 8.58. The fourth-order valence-electron chi connectivity index (χ4n) is 7.42. The highest BCUT2D eigenvalue weighted by Crippen LogP contribution is 2.45. The number of amides is 1. The smallest absolute Gasteiger partial charge is 0.228 e. The molecular weight excluding hydrogens is 492 g/mol. The van der Waals surface area contributed by atoms with Crippen molar-refractivity contribution in [3.8, 4) is 0 Å². The number of thiazole rings is 1. The van der Waals surface area contributed by atoms with Crippen molar-refractivity contribution in [2.24, 2.45) is 11.8 Å². The van der Waals surface area contributed by atoms with Crippen LogP contribution >= 0.6 is 11.3 Å². The number of aliphatic hydroxyl groups is 1. The minimum atomic E-state index is -0.272. The molecule has 3 fully saturated rings. The number of aryl methyl sites for hydroxylation is 1. The van der Waals surface area contributed by atoms with E-state index in [9.17, 15) is 9.90 Å². The number of nitrogens with one attached hydrogen (secondary N) is 1. The summed E-state index contributed by atoms with van der Waals surface area (Å²) in [5, 5.41) is 14.1. The number of hydrogen-bond donors (Lipinski definition) is 2. The van der Waals surface area contributed by atoms with Gasteiger partial charge >= 0.3 is 0 Å². The Labute approximate surface area is 232 Å². The molecule has 2 N–H and O–H groups in total. The number of aromatic nitrogens is 1. The Bertz CT molecular complexity index is 1070. The second-order valence-electron chi connectivity index (χ2n) is 12.2. The van der Waals surface area contributed by atoms with E-state index in [1.807, 2.05) is 7.05 Å². The molecule has 38 heavy (non-hydrogen) atoms. The Morgan fingerprint density at radius 2 is 1.97 bits per heavy atom. The van der Waals surface area contributed by atoms with E-state index in [1.54, 1.807) is 11.3 Å². The first kappa shape index (κ1) is 27.8. The van der Waals surface area contributed by atoms with Gasteiger partial charge in [-0.3, -0.25) is 9.69 Å². The summed E-state index contributed by atoms with van der Waals surface area (Å²) in [7, 11) is 2.03. The SMILES string of the molecule is Cc1nc(CN(C)CCO)c(C2(C)CNCC2C(=O)N2CCC(c3ccccc3)CC2C2CCCCC2)s1. The quantitative estimate of drug-likeness (QED) is 0.510. The Hall–Kier alpha value is -1.80. The summed E-state index contributed by atoms with van der Waals surface area (Å²) in [6, 6.07) is 11.3. The lowest BCUT2D eigenvalue weighted by Crippen LogP contribution is -2.54. The van der Waals surface area contributed by atoms with Crippen molar-refractivity contribution in [1.29, 1.82) is 0 Å². The van der Waals surface area contributed by atoms with Gasteiger partial charge in [-0.1, -0.05) is 56.5 Å². The summed E-state index contributed by atoms with van der Waals surface area (Å²) in [4.78, 5) is 25.2. The van der Waals surface area contributed by atoms with Crippen LogP contribution in [0.5, 0.6) is 0 Å². The predicted octanol–water partition coefficient (Wildman–Crippen LogP) is 4.71. The van der Waals surface area contributed by atoms with E-state index < -0.39 is 0 Å². The maximum atomic E-state index is 14.6. The van der Waals surface area contributed by atoms with Crippen LogP contribution in [0.2, 0.25) is 0 Å². The first-order valence-corrected chi connectivity index (χ1v) is 15.5. The van der Waals surface area contributed by atoms with Gasteiger partial charge in [-0.2, -0.15) is 0 Å². The summed E-state index contributed by atoms with van der Waals surface area (Å²) in [5.41, 5.74) is 2.23. The van der Waals surface area contributed by atoms with Gasteiger partial charge in [-0.05, 0) is 57.1 Å². The standard InChI is InChI=1S/C31H46N4O2S/c1-22-33-27(20-34(3)16-17-36)29(38-22)31(2)21-32-19-26(31)30(37)35-15-14-25(23-10-6-4-7-11-23)18-28(35)24-12-8-5-9-13-24/h4,6-7,10-11,24-26,28,32,36H,5,8-9,12-21H2,1-3H3. The van der Waals surface area contributed by atoms with Crippen molar-refractivity contribution < 1.29 is 9.90 Å². The van der Waals surface area contributed by atoms with Crippen LogP contribution in [-0.4, -0.2) is 71.7 Å². The summed E-state index contributed by atoms with van der Waals surface area (Å²) < 4.78 is 0. The molecule has 0 radical (unpaired) electrons. The number of likely N-dealkylation sites (tertiary alicyclic amines) is 1. The Morgan fingerprint density at radius 3 is 2.71 bits per heavy atom. The number of nitrogens with zero attached hydrogens (tertiary/aromatic N) is 3. The van der Waals surface area contributed by atoms with E-state index in [1.165, 1.54) is 42.5 Å². The number of aliphatic hydroxyl groups excluding tert-OH is 1. The van der Waals surface area contributed by atoms with Gasteiger partial charge in [0.1, 0.15) is 0 Å². The molecule has 2 aliphatic heterocycles. The summed E-state index contributed by atoms with van der Waals surface area (Å²) >= 11 is 1.75. The van der Waals surface area contributed by atoms with Gasteiger partial charge in [0.15, 0.2) is 0 Å². The molecule has 5 rings (SSSR count). The second kappa shape index (κ2) is 12.2. The van der Waals surface area contributed by atoms with Crippen LogP contribution in [0.3, 0.4) is 0 Å². The molecule has 208 valence electrons. The molecule has 1 aromatic heterocycles. The molecule has 1 saturated carbocycles. The number of carbonyl (C=O) groups excluding carboxylic acids is 1. The van der Waals surface area contributed by atoms with Crippen LogP contribution in [0.1, 0.15) is 78.9 Å². The fraction of sp³-hybridized carbons (Fsp3) is 0.677. The lowest BCUT2D eigenvalue weighted by molar-refractivity contribution is -0.142. The van der Waals surface area contributed by atoms with Crippen LogP contribution in [0.4, 0.5) is 0 Å². The lowest BCUT2D eigenvalue weighted by atomic mass is 9.73. The maximum absolute atomic E-state index is 14.6. The van der Waals surface area contributed by atoms with Gasteiger partial charge in [0.2, 0.25) is 5.91 Å². The Balaban J connectivity index is 1.41. The average Bonchev–Trinajstić information content (AvgIpc) is 3.51. The predicted molar refractivity (Wildman–Crippen MR) is 154 cm³/mol. The molecule has 2 saturated heterocycles. The molecule has 7 heteroatoms. The molecule has 3 aliphatic rings. The molecule has 2 aromatic rings. The van der Waals surface area contributed by atoms with Crippen molar-refractivity contribution in [3.05, 3.63) is 51.5 Å². The minimum absolute atomic E-state index is 0.0800. The van der Waals surface area contributed by atoms with Gasteiger partial charge < -0.3 is 15.3 Å². The van der Waals surface area contributed by atoms with E-state index in [-0.39, 0.29) is 17.9 Å². The van der Waals surface area contributed by atoms with Gasteiger partial charge in [-0.25, -0.2) is 4.98 Å². The highest BCUT2D eigenvalue weighted by Gasteiger charge is 2.50. The monoisotopic (exact) mass is 538 g/mol. The largest absolute Gasteiger partial charge is 0.395 e. The number of likely N-dealkylation sites (N-methyl/N-ethyl adjacent to an activating group) is 1. The minimum Gasteiger partial charge on any atom is -0.395 e. The zero-order valence-corrected chi connectivity index (χ0v) is 24.3. The van der Waals surface area contributed by atoms with Crippen molar-refractivity contribution >= 4 is 17.2 Å². The molecule has 1 amide bonds. The third-order valence-corrected chi connectivity index (χ3v) is 10.8. The molecule has 4 atom stereocenters. The van der Waals surface area contributed by atoms with Crippen LogP contribution < -0.4 is 5.32 Å².